The van der Waals surface area contributed by atoms with Gasteiger partial charge < -0.3 is 0 Å². The molecule has 0 saturated carbocycles. The lowest BCUT2D eigenvalue weighted by Gasteiger charge is -2.30. The zero-order valence-corrected chi connectivity index (χ0v) is 14.5. The highest BCUT2D eigenvalue weighted by molar-refractivity contribution is 7.88. The SMILES string of the molecule is O=S(=O)(Cc1ccccc1Cl)N1CCC(c2cccs2)CC1. The zero-order valence-electron chi connectivity index (χ0n) is 12.1. The van der Waals surface area contributed by atoms with E-state index in [0.717, 1.165) is 12.8 Å². The van der Waals surface area contributed by atoms with Crippen LogP contribution in [0.15, 0.2) is 41.8 Å². The zero-order chi connectivity index (χ0) is 15.6. The number of sulfonamides is 1. The van der Waals surface area contributed by atoms with Gasteiger partial charge in [0.15, 0.2) is 0 Å². The second-order valence-electron chi connectivity index (χ2n) is 5.54. The van der Waals surface area contributed by atoms with E-state index in [1.807, 2.05) is 12.1 Å². The lowest BCUT2D eigenvalue weighted by atomic mass is 9.97. The second-order valence-corrected chi connectivity index (χ2v) is 8.89. The highest BCUT2D eigenvalue weighted by Crippen LogP contribution is 2.32. The molecule has 0 atom stereocenters. The first-order valence-electron chi connectivity index (χ1n) is 7.31. The van der Waals surface area contributed by atoms with Gasteiger partial charge >= 0.3 is 0 Å². The Balaban J connectivity index is 1.66. The molecule has 2 aromatic rings. The Morgan fingerprint density at radius 2 is 1.86 bits per heavy atom. The molecule has 0 spiro atoms. The summed E-state index contributed by atoms with van der Waals surface area (Å²) in [5.41, 5.74) is 0.671. The van der Waals surface area contributed by atoms with Gasteiger partial charge in [-0.05, 0) is 41.8 Å². The van der Waals surface area contributed by atoms with Crippen LogP contribution >= 0.6 is 22.9 Å². The van der Waals surface area contributed by atoms with Crippen LogP contribution in [0.1, 0.15) is 29.2 Å². The highest BCUT2D eigenvalue weighted by Gasteiger charge is 2.29. The fraction of sp³-hybridized carbons (Fsp3) is 0.375. The van der Waals surface area contributed by atoms with E-state index in [4.69, 9.17) is 11.6 Å². The summed E-state index contributed by atoms with van der Waals surface area (Å²) in [6, 6.07) is 11.3. The number of piperidine rings is 1. The molecule has 1 aliphatic heterocycles. The Morgan fingerprint density at radius 3 is 2.50 bits per heavy atom. The Morgan fingerprint density at radius 1 is 1.14 bits per heavy atom. The summed E-state index contributed by atoms with van der Waals surface area (Å²) < 4.78 is 26.8. The molecule has 3 rings (SSSR count). The van der Waals surface area contributed by atoms with Crippen molar-refractivity contribution in [1.29, 1.82) is 0 Å². The molecule has 0 amide bonds. The van der Waals surface area contributed by atoms with Gasteiger partial charge in [-0.15, -0.1) is 11.3 Å². The van der Waals surface area contributed by atoms with E-state index in [-0.39, 0.29) is 5.75 Å². The minimum atomic E-state index is -3.30. The number of benzene rings is 1. The molecule has 0 N–H and O–H groups in total. The van der Waals surface area contributed by atoms with E-state index in [1.165, 1.54) is 4.88 Å². The monoisotopic (exact) mass is 355 g/mol. The summed E-state index contributed by atoms with van der Waals surface area (Å²) in [4.78, 5) is 1.36. The van der Waals surface area contributed by atoms with Crippen molar-refractivity contribution < 1.29 is 8.42 Å². The van der Waals surface area contributed by atoms with E-state index >= 15 is 0 Å². The van der Waals surface area contributed by atoms with E-state index in [9.17, 15) is 8.42 Å². The molecule has 1 fully saturated rings. The van der Waals surface area contributed by atoms with Crippen molar-refractivity contribution in [2.75, 3.05) is 13.1 Å². The van der Waals surface area contributed by atoms with Crippen molar-refractivity contribution in [1.82, 2.24) is 4.31 Å². The van der Waals surface area contributed by atoms with Crippen molar-refractivity contribution in [2.24, 2.45) is 0 Å². The average molecular weight is 356 g/mol. The van der Waals surface area contributed by atoms with Crippen molar-refractivity contribution in [3.05, 3.63) is 57.2 Å². The summed E-state index contributed by atoms with van der Waals surface area (Å²) in [6.07, 6.45) is 1.78. The fourth-order valence-corrected chi connectivity index (χ4v) is 5.62. The van der Waals surface area contributed by atoms with Crippen LogP contribution in [-0.4, -0.2) is 25.8 Å². The molecule has 118 valence electrons. The third kappa shape index (κ3) is 3.54. The molecule has 1 aromatic carbocycles. The maximum Gasteiger partial charge on any atom is 0.218 e. The van der Waals surface area contributed by atoms with Gasteiger partial charge in [-0.25, -0.2) is 12.7 Å². The Hall–Kier alpha value is -0.880. The van der Waals surface area contributed by atoms with Crippen LogP contribution in [-0.2, 0) is 15.8 Å². The molecule has 0 radical (unpaired) electrons. The van der Waals surface area contributed by atoms with Crippen LogP contribution in [0.4, 0.5) is 0 Å². The number of thiophene rings is 1. The van der Waals surface area contributed by atoms with E-state index < -0.39 is 10.0 Å². The van der Waals surface area contributed by atoms with E-state index in [0.29, 0.717) is 29.6 Å². The van der Waals surface area contributed by atoms with Crippen molar-refractivity contribution in [3.63, 3.8) is 0 Å². The maximum atomic E-state index is 12.6. The molecular weight excluding hydrogens is 338 g/mol. The van der Waals surface area contributed by atoms with Gasteiger partial charge in [0, 0.05) is 23.0 Å². The predicted octanol–water partition coefficient (Wildman–Crippen LogP) is 4.11. The highest BCUT2D eigenvalue weighted by atomic mass is 35.5. The van der Waals surface area contributed by atoms with Crippen LogP contribution in [0, 0.1) is 0 Å². The Labute approximate surface area is 140 Å². The van der Waals surface area contributed by atoms with Gasteiger partial charge in [0.2, 0.25) is 10.0 Å². The smallest absolute Gasteiger partial charge is 0.212 e. The minimum Gasteiger partial charge on any atom is -0.212 e. The summed E-state index contributed by atoms with van der Waals surface area (Å²) >= 11 is 7.84. The van der Waals surface area contributed by atoms with E-state index in [1.54, 1.807) is 27.8 Å². The van der Waals surface area contributed by atoms with Gasteiger partial charge in [-0.3, -0.25) is 0 Å². The molecule has 0 unspecified atom stereocenters. The fourth-order valence-electron chi connectivity index (χ4n) is 2.85. The van der Waals surface area contributed by atoms with Crippen LogP contribution in [0.2, 0.25) is 5.02 Å². The predicted molar refractivity (Wildman–Crippen MR) is 91.9 cm³/mol. The summed E-state index contributed by atoms with van der Waals surface area (Å²) in [5.74, 6) is 0.475. The molecular formula is C16H18ClNO2S2. The van der Waals surface area contributed by atoms with Gasteiger partial charge in [0.1, 0.15) is 0 Å². The van der Waals surface area contributed by atoms with Crippen LogP contribution in [0.25, 0.3) is 0 Å². The number of rotatable bonds is 4. The van der Waals surface area contributed by atoms with Gasteiger partial charge in [-0.2, -0.15) is 0 Å². The average Bonchev–Trinajstić information content (AvgIpc) is 3.04. The molecule has 22 heavy (non-hydrogen) atoms. The third-order valence-corrected chi connectivity index (χ3v) is 7.32. The maximum absolute atomic E-state index is 12.6. The molecule has 1 aromatic heterocycles. The van der Waals surface area contributed by atoms with E-state index in [2.05, 4.69) is 17.5 Å². The molecule has 0 bridgehead atoms. The Bertz CT molecular complexity index is 720. The molecule has 2 heterocycles. The quantitative estimate of drug-likeness (QED) is 0.827. The van der Waals surface area contributed by atoms with Crippen molar-refractivity contribution in [3.8, 4) is 0 Å². The summed E-state index contributed by atoms with van der Waals surface area (Å²) in [6.45, 7) is 1.19. The molecule has 1 aliphatic rings. The largest absolute Gasteiger partial charge is 0.218 e. The van der Waals surface area contributed by atoms with Crippen LogP contribution in [0.3, 0.4) is 0 Å². The number of hydrogen-bond acceptors (Lipinski definition) is 3. The molecule has 6 heteroatoms. The molecule has 1 saturated heterocycles. The first kappa shape index (κ1) is 16.0. The standard InChI is InChI=1S/C16H18ClNO2S2/c17-15-5-2-1-4-14(15)12-22(19,20)18-9-7-13(8-10-18)16-6-3-11-21-16/h1-6,11,13H,7-10,12H2. The second kappa shape index (κ2) is 6.71. The molecule has 0 aliphatic carbocycles. The number of hydrogen-bond donors (Lipinski definition) is 0. The topological polar surface area (TPSA) is 37.4 Å². The number of nitrogens with zero attached hydrogens (tertiary/aromatic N) is 1. The van der Waals surface area contributed by atoms with Crippen LogP contribution in [0.5, 0.6) is 0 Å². The lowest BCUT2D eigenvalue weighted by Crippen LogP contribution is -2.38. The van der Waals surface area contributed by atoms with Crippen molar-refractivity contribution >= 4 is 33.0 Å². The molecule has 3 nitrogen and oxygen atoms in total. The summed E-state index contributed by atoms with van der Waals surface area (Å²) in [5, 5.41) is 2.59. The van der Waals surface area contributed by atoms with Crippen LogP contribution < -0.4 is 0 Å². The third-order valence-electron chi connectivity index (χ3n) is 4.09. The minimum absolute atomic E-state index is 0.0175. The van der Waals surface area contributed by atoms with Gasteiger partial charge in [0.25, 0.3) is 0 Å². The lowest BCUT2D eigenvalue weighted by molar-refractivity contribution is 0.321. The first-order valence-corrected chi connectivity index (χ1v) is 10.2. The van der Waals surface area contributed by atoms with Gasteiger partial charge in [0.05, 0.1) is 5.75 Å². The normalized spacial score (nSPS) is 17.7. The first-order chi connectivity index (χ1) is 10.6. The Kier molecular flexibility index (Phi) is 4.88. The van der Waals surface area contributed by atoms with Gasteiger partial charge in [-0.1, -0.05) is 35.9 Å². The number of halogens is 1. The summed E-state index contributed by atoms with van der Waals surface area (Å²) in [7, 11) is -3.30. The van der Waals surface area contributed by atoms with Crippen molar-refractivity contribution in [2.45, 2.75) is 24.5 Å².